The molecule has 0 aromatic heterocycles. The third-order valence-electron chi connectivity index (χ3n) is 3.24. The lowest BCUT2D eigenvalue weighted by atomic mass is 10.1. The maximum absolute atomic E-state index is 9.32. The van der Waals surface area contributed by atoms with E-state index in [9.17, 15) is 5.26 Å². The maximum Gasteiger partial charge on any atom is 0.101 e. The van der Waals surface area contributed by atoms with E-state index in [0.29, 0.717) is 5.56 Å². The van der Waals surface area contributed by atoms with Gasteiger partial charge in [0.15, 0.2) is 0 Å². The van der Waals surface area contributed by atoms with Gasteiger partial charge < -0.3 is 10.6 Å². The van der Waals surface area contributed by atoms with Crippen molar-refractivity contribution < 1.29 is 0 Å². The molecule has 0 radical (unpaired) electrons. The first-order valence-corrected chi connectivity index (χ1v) is 7.72. The molecule has 0 atom stereocenters. The normalized spacial score (nSPS) is 10.1. The van der Waals surface area contributed by atoms with Crippen molar-refractivity contribution in [1.82, 2.24) is 0 Å². The number of rotatable bonds is 5. The van der Waals surface area contributed by atoms with Gasteiger partial charge in [-0.3, -0.25) is 0 Å². The van der Waals surface area contributed by atoms with Crippen molar-refractivity contribution in [3.63, 3.8) is 0 Å². The number of anilines is 2. The van der Waals surface area contributed by atoms with E-state index in [1.54, 1.807) is 0 Å². The topological polar surface area (TPSA) is 53.0 Å². The van der Waals surface area contributed by atoms with Crippen LogP contribution in [-0.4, -0.2) is 6.54 Å². The number of halogens is 1. The van der Waals surface area contributed by atoms with Crippen LogP contribution in [0.5, 0.6) is 0 Å². The summed E-state index contributed by atoms with van der Waals surface area (Å²) in [5, 5.41) is 9.32. The minimum atomic E-state index is 0.690. The van der Waals surface area contributed by atoms with E-state index in [4.69, 9.17) is 5.73 Å². The molecule has 0 spiro atoms. The van der Waals surface area contributed by atoms with Crippen molar-refractivity contribution >= 4 is 27.3 Å². The van der Waals surface area contributed by atoms with E-state index < -0.39 is 0 Å². The highest BCUT2D eigenvalue weighted by molar-refractivity contribution is 9.10. The number of hydrogen-bond acceptors (Lipinski definition) is 3. The Labute approximate surface area is 134 Å². The Morgan fingerprint density at radius 2 is 2.05 bits per heavy atom. The molecular weight excluding hydrogens is 326 g/mol. The SMILES string of the molecule is CCCN(Cc1cccc(N)c1)c1cc(Br)ccc1C#N. The summed E-state index contributed by atoms with van der Waals surface area (Å²) in [4.78, 5) is 2.22. The van der Waals surface area contributed by atoms with Gasteiger partial charge in [0, 0.05) is 23.2 Å². The first kappa shape index (κ1) is 15.4. The van der Waals surface area contributed by atoms with E-state index in [0.717, 1.165) is 40.9 Å². The highest BCUT2D eigenvalue weighted by Gasteiger charge is 2.12. The van der Waals surface area contributed by atoms with Gasteiger partial charge >= 0.3 is 0 Å². The molecule has 0 aliphatic rings. The van der Waals surface area contributed by atoms with E-state index in [1.165, 1.54) is 0 Å². The van der Waals surface area contributed by atoms with Gasteiger partial charge in [-0.15, -0.1) is 0 Å². The molecule has 4 heteroatoms. The number of nitrogens with two attached hydrogens (primary N) is 1. The Morgan fingerprint density at radius 3 is 2.71 bits per heavy atom. The average molecular weight is 344 g/mol. The highest BCUT2D eigenvalue weighted by atomic mass is 79.9. The first-order valence-electron chi connectivity index (χ1n) is 6.93. The second-order valence-electron chi connectivity index (χ2n) is 4.94. The van der Waals surface area contributed by atoms with Crippen molar-refractivity contribution in [2.45, 2.75) is 19.9 Å². The minimum absolute atomic E-state index is 0.690. The molecule has 0 unspecified atom stereocenters. The Hall–Kier alpha value is -1.99. The Kier molecular flexibility index (Phi) is 5.24. The number of hydrogen-bond donors (Lipinski definition) is 1. The van der Waals surface area contributed by atoms with Gasteiger partial charge in [-0.25, -0.2) is 0 Å². The van der Waals surface area contributed by atoms with E-state index in [1.807, 2.05) is 36.4 Å². The fraction of sp³-hybridized carbons (Fsp3) is 0.235. The van der Waals surface area contributed by atoms with Crippen LogP contribution in [0, 0.1) is 11.3 Å². The summed E-state index contributed by atoms with van der Waals surface area (Å²) in [5.41, 5.74) is 9.40. The van der Waals surface area contributed by atoms with Crippen LogP contribution in [0.4, 0.5) is 11.4 Å². The third kappa shape index (κ3) is 3.99. The van der Waals surface area contributed by atoms with E-state index in [2.05, 4.69) is 39.9 Å². The standard InChI is InChI=1S/C17H18BrN3/c1-2-8-21(12-13-4-3-5-16(20)9-13)17-10-15(18)7-6-14(17)11-19/h3-7,9-10H,2,8,12,20H2,1H3. The number of benzene rings is 2. The molecule has 108 valence electrons. The van der Waals surface area contributed by atoms with Gasteiger partial charge in [-0.05, 0) is 42.3 Å². The third-order valence-corrected chi connectivity index (χ3v) is 3.73. The van der Waals surface area contributed by atoms with E-state index in [-0.39, 0.29) is 0 Å². The Bertz CT molecular complexity index is 661. The molecule has 0 saturated heterocycles. The van der Waals surface area contributed by atoms with Crippen LogP contribution >= 0.6 is 15.9 Å². The van der Waals surface area contributed by atoms with Crippen LogP contribution in [0.2, 0.25) is 0 Å². The van der Waals surface area contributed by atoms with Crippen LogP contribution < -0.4 is 10.6 Å². The molecule has 0 bridgehead atoms. The summed E-state index contributed by atoms with van der Waals surface area (Å²) in [6.07, 6.45) is 1.01. The van der Waals surface area contributed by atoms with Crippen LogP contribution in [-0.2, 0) is 6.54 Å². The summed E-state index contributed by atoms with van der Waals surface area (Å²) in [6, 6.07) is 15.9. The zero-order chi connectivity index (χ0) is 15.2. The Morgan fingerprint density at radius 1 is 1.24 bits per heavy atom. The van der Waals surface area contributed by atoms with Gasteiger partial charge in [0.05, 0.1) is 11.3 Å². The van der Waals surface area contributed by atoms with Gasteiger partial charge in [-0.2, -0.15) is 5.26 Å². The molecule has 21 heavy (non-hydrogen) atoms. The average Bonchev–Trinajstić information content (AvgIpc) is 2.47. The van der Waals surface area contributed by atoms with Gasteiger partial charge in [0.2, 0.25) is 0 Å². The van der Waals surface area contributed by atoms with Crippen LogP contribution in [0.25, 0.3) is 0 Å². The maximum atomic E-state index is 9.32. The summed E-state index contributed by atoms with van der Waals surface area (Å²) in [7, 11) is 0. The monoisotopic (exact) mass is 343 g/mol. The predicted octanol–water partition coefficient (Wildman–Crippen LogP) is 4.32. The lowest BCUT2D eigenvalue weighted by Gasteiger charge is -2.26. The van der Waals surface area contributed by atoms with Crippen molar-refractivity contribution in [3.05, 3.63) is 58.1 Å². The molecule has 0 aliphatic carbocycles. The summed E-state index contributed by atoms with van der Waals surface area (Å²) in [6.45, 7) is 3.76. The zero-order valence-electron chi connectivity index (χ0n) is 12.0. The van der Waals surface area contributed by atoms with Crippen LogP contribution in [0.15, 0.2) is 46.9 Å². The second kappa shape index (κ2) is 7.14. The summed E-state index contributed by atoms with van der Waals surface area (Å²) in [5.74, 6) is 0. The van der Waals surface area contributed by atoms with Crippen molar-refractivity contribution in [2.75, 3.05) is 17.2 Å². The molecular formula is C17H18BrN3. The lowest BCUT2D eigenvalue weighted by Crippen LogP contribution is -2.24. The smallest absolute Gasteiger partial charge is 0.101 e. The molecule has 0 aliphatic heterocycles. The molecule has 2 aromatic rings. The zero-order valence-corrected chi connectivity index (χ0v) is 13.6. The fourth-order valence-electron chi connectivity index (χ4n) is 2.33. The second-order valence-corrected chi connectivity index (χ2v) is 5.86. The van der Waals surface area contributed by atoms with Crippen molar-refractivity contribution in [3.8, 4) is 6.07 Å². The molecule has 3 nitrogen and oxygen atoms in total. The minimum Gasteiger partial charge on any atom is -0.399 e. The molecule has 0 saturated carbocycles. The van der Waals surface area contributed by atoms with Gasteiger partial charge in [-0.1, -0.05) is 35.0 Å². The molecule has 0 amide bonds. The summed E-state index contributed by atoms with van der Waals surface area (Å²) < 4.78 is 0.977. The summed E-state index contributed by atoms with van der Waals surface area (Å²) >= 11 is 3.49. The van der Waals surface area contributed by atoms with Crippen molar-refractivity contribution in [1.29, 1.82) is 5.26 Å². The van der Waals surface area contributed by atoms with Gasteiger partial charge in [0.25, 0.3) is 0 Å². The largest absolute Gasteiger partial charge is 0.399 e. The quantitative estimate of drug-likeness (QED) is 0.822. The molecule has 0 fully saturated rings. The van der Waals surface area contributed by atoms with E-state index >= 15 is 0 Å². The highest BCUT2D eigenvalue weighted by Crippen LogP contribution is 2.26. The van der Waals surface area contributed by atoms with Gasteiger partial charge in [0.1, 0.15) is 6.07 Å². The molecule has 2 aromatic carbocycles. The fourth-order valence-corrected chi connectivity index (χ4v) is 2.68. The number of nitrogen functional groups attached to an aromatic ring is 1. The first-order chi connectivity index (χ1) is 10.1. The number of nitriles is 1. The van der Waals surface area contributed by atoms with Crippen LogP contribution in [0.3, 0.4) is 0 Å². The molecule has 0 heterocycles. The number of nitrogens with zero attached hydrogens (tertiary/aromatic N) is 2. The molecule has 2 N–H and O–H groups in total. The lowest BCUT2D eigenvalue weighted by molar-refractivity contribution is 0.766. The van der Waals surface area contributed by atoms with Crippen molar-refractivity contribution in [2.24, 2.45) is 0 Å². The predicted molar refractivity (Wildman–Crippen MR) is 91.1 cm³/mol. The Balaban J connectivity index is 2.35. The van der Waals surface area contributed by atoms with Crippen LogP contribution in [0.1, 0.15) is 24.5 Å². The molecule has 2 rings (SSSR count).